The molecule has 0 aliphatic carbocycles. The molecule has 8 heteroatoms. The summed E-state index contributed by atoms with van der Waals surface area (Å²) in [7, 11) is 2.82. The van der Waals surface area contributed by atoms with Gasteiger partial charge in [0.15, 0.2) is 5.82 Å². The largest absolute Gasteiger partial charge is 0.481 e. The van der Waals surface area contributed by atoms with E-state index in [1.807, 2.05) is 0 Å². The van der Waals surface area contributed by atoms with E-state index in [4.69, 9.17) is 26.8 Å². The molecule has 0 saturated carbocycles. The maximum Gasteiger partial charge on any atom is 0.220 e. The van der Waals surface area contributed by atoms with Crippen molar-refractivity contribution in [3.8, 4) is 11.8 Å². The Morgan fingerprint density at radius 2 is 1.76 bits per heavy atom. The van der Waals surface area contributed by atoms with E-state index in [-0.39, 0.29) is 33.9 Å². The summed E-state index contributed by atoms with van der Waals surface area (Å²) in [6, 6.07) is 3.85. The molecule has 0 aliphatic rings. The fourth-order valence-electron chi connectivity index (χ4n) is 1.72. The molecule has 2 aromatic rings. The van der Waals surface area contributed by atoms with Gasteiger partial charge in [0.05, 0.1) is 26.0 Å². The van der Waals surface area contributed by atoms with Gasteiger partial charge in [-0.15, -0.1) is 0 Å². The minimum absolute atomic E-state index is 0.0421. The highest BCUT2D eigenvalue weighted by molar-refractivity contribution is 6.30. The summed E-state index contributed by atoms with van der Waals surface area (Å²) in [6.45, 7) is 0. The summed E-state index contributed by atoms with van der Waals surface area (Å²) in [6.07, 6.45) is -1.37. The Labute approximate surface area is 125 Å². The van der Waals surface area contributed by atoms with Crippen LogP contribution in [0.15, 0.2) is 18.2 Å². The second-order valence-electron chi connectivity index (χ2n) is 4.10. The van der Waals surface area contributed by atoms with Crippen LogP contribution in [0.5, 0.6) is 11.8 Å². The maximum atomic E-state index is 13.6. The fraction of sp³-hybridized carbons (Fsp3) is 0.231. The first-order valence-corrected chi connectivity index (χ1v) is 6.23. The number of rotatable bonds is 4. The highest BCUT2D eigenvalue weighted by Gasteiger charge is 2.21. The number of nitrogen functional groups attached to an aromatic ring is 1. The zero-order chi connectivity index (χ0) is 15.6. The molecule has 21 heavy (non-hydrogen) atoms. The summed E-state index contributed by atoms with van der Waals surface area (Å²) in [5.74, 6) is -0.389. The molecule has 0 bridgehead atoms. The van der Waals surface area contributed by atoms with Crippen LogP contribution in [0.2, 0.25) is 5.02 Å². The Morgan fingerprint density at radius 3 is 2.29 bits per heavy atom. The molecular formula is C13H13ClFN3O3. The number of ether oxygens (including phenoxy) is 2. The Kier molecular flexibility index (Phi) is 4.44. The lowest BCUT2D eigenvalue weighted by Crippen LogP contribution is -2.10. The topological polar surface area (TPSA) is 90.5 Å². The lowest BCUT2D eigenvalue weighted by molar-refractivity contribution is 0.206. The van der Waals surface area contributed by atoms with Crippen LogP contribution in [0, 0.1) is 5.82 Å². The van der Waals surface area contributed by atoms with Crippen molar-refractivity contribution in [1.82, 2.24) is 9.97 Å². The number of aliphatic hydroxyl groups excluding tert-OH is 1. The number of hydrogen-bond acceptors (Lipinski definition) is 6. The standard InChI is InChI=1S/C13H13ClFN3O3/c1-20-9-5-10(21-2)18-13(17-9)12(19)7-3-6(14)4-8(15)11(7)16/h3-5,12,19H,16H2,1-2H3. The Hall–Kier alpha value is -2.12. The Bertz CT molecular complexity index is 647. The van der Waals surface area contributed by atoms with Crippen molar-refractivity contribution in [2.24, 2.45) is 0 Å². The normalized spacial score (nSPS) is 12.0. The van der Waals surface area contributed by atoms with E-state index in [0.717, 1.165) is 6.07 Å². The van der Waals surface area contributed by atoms with E-state index in [0.29, 0.717) is 0 Å². The number of methoxy groups -OCH3 is 2. The van der Waals surface area contributed by atoms with Crippen LogP contribution in [-0.4, -0.2) is 29.3 Å². The first kappa shape index (κ1) is 15.3. The second kappa shape index (κ2) is 6.11. The summed E-state index contributed by atoms with van der Waals surface area (Å²) >= 11 is 5.77. The second-order valence-corrected chi connectivity index (χ2v) is 4.54. The van der Waals surface area contributed by atoms with E-state index < -0.39 is 11.9 Å². The number of halogens is 2. The smallest absolute Gasteiger partial charge is 0.220 e. The lowest BCUT2D eigenvalue weighted by Gasteiger charge is -2.14. The molecule has 1 atom stereocenters. The molecule has 0 radical (unpaired) electrons. The molecule has 3 N–H and O–H groups in total. The highest BCUT2D eigenvalue weighted by atomic mass is 35.5. The monoisotopic (exact) mass is 313 g/mol. The van der Waals surface area contributed by atoms with Crippen LogP contribution in [0.25, 0.3) is 0 Å². The van der Waals surface area contributed by atoms with Crippen molar-refractivity contribution in [3.63, 3.8) is 0 Å². The van der Waals surface area contributed by atoms with Gasteiger partial charge in [-0.2, -0.15) is 9.97 Å². The lowest BCUT2D eigenvalue weighted by atomic mass is 10.1. The number of aliphatic hydroxyl groups is 1. The third-order valence-electron chi connectivity index (χ3n) is 2.78. The van der Waals surface area contributed by atoms with Crippen LogP contribution in [-0.2, 0) is 0 Å². The summed E-state index contributed by atoms with van der Waals surface area (Å²) < 4.78 is 23.6. The third kappa shape index (κ3) is 3.14. The van der Waals surface area contributed by atoms with Gasteiger partial charge in [-0.25, -0.2) is 4.39 Å². The SMILES string of the molecule is COc1cc(OC)nc(C(O)c2cc(Cl)cc(F)c2N)n1. The van der Waals surface area contributed by atoms with Gasteiger partial charge in [0.25, 0.3) is 0 Å². The van der Waals surface area contributed by atoms with Crippen molar-refractivity contribution in [1.29, 1.82) is 0 Å². The van der Waals surface area contributed by atoms with Crippen molar-refractivity contribution >= 4 is 17.3 Å². The number of benzene rings is 1. The van der Waals surface area contributed by atoms with Crippen LogP contribution in [0.1, 0.15) is 17.5 Å². The van der Waals surface area contributed by atoms with Gasteiger partial charge in [0.2, 0.25) is 11.8 Å². The van der Waals surface area contributed by atoms with Gasteiger partial charge in [-0.1, -0.05) is 11.6 Å². The van der Waals surface area contributed by atoms with Crippen molar-refractivity contribution in [3.05, 3.63) is 40.4 Å². The molecule has 112 valence electrons. The zero-order valence-electron chi connectivity index (χ0n) is 11.3. The van der Waals surface area contributed by atoms with E-state index in [1.165, 1.54) is 26.4 Å². The van der Waals surface area contributed by atoms with Gasteiger partial charge >= 0.3 is 0 Å². The molecule has 0 aliphatic heterocycles. The van der Waals surface area contributed by atoms with Gasteiger partial charge in [-0.05, 0) is 12.1 Å². The predicted octanol–water partition coefficient (Wildman–Crippen LogP) is 1.95. The first-order valence-electron chi connectivity index (χ1n) is 5.85. The van der Waals surface area contributed by atoms with Crippen molar-refractivity contribution in [2.75, 3.05) is 20.0 Å². The third-order valence-corrected chi connectivity index (χ3v) is 3.00. The van der Waals surface area contributed by atoms with Gasteiger partial charge in [0.1, 0.15) is 11.9 Å². The summed E-state index contributed by atoms with van der Waals surface area (Å²) in [5.41, 5.74) is 5.46. The molecule has 1 heterocycles. The molecule has 0 amide bonds. The van der Waals surface area contributed by atoms with Gasteiger partial charge in [-0.3, -0.25) is 0 Å². The molecule has 1 aromatic heterocycles. The Morgan fingerprint density at radius 1 is 1.19 bits per heavy atom. The molecule has 0 fully saturated rings. The van der Waals surface area contributed by atoms with E-state index in [9.17, 15) is 9.50 Å². The molecule has 2 rings (SSSR count). The first-order chi connectivity index (χ1) is 9.96. The molecule has 1 aromatic carbocycles. The number of nitrogens with zero attached hydrogens (tertiary/aromatic N) is 2. The highest BCUT2D eigenvalue weighted by Crippen LogP contribution is 2.31. The summed E-state index contributed by atoms with van der Waals surface area (Å²) in [5, 5.41) is 10.4. The molecule has 1 unspecified atom stereocenters. The van der Waals surface area contributed by atoms with Crippen LogP contribution in [0.4, 0.5) is 10.1 Å². The van der Waals surface area contributed by atoms with Crippen LogP contribution < -0.4 is 15.2 Å². The van der Waals surface area contributed by atoms with E-state index in [1.54, 1.807) is 0 Å². The molecular weight excluding hydrogens is 301 g/mol. The van der Waals surface area contributed by atoms with Gasteiger partial charge < -0.3 is 20.3 Å². The molecule has 0 saturated heterocycles. The maximum absolute atomic E-state index is 13.6. The minimum Gasteiger partial charge on any atom is -0.481 e. The summed E-state index contributed by atoms with van der Waals surface area (Å²) in [4.78, 5) is 7.98. The average Bonchev–Trinajstić information content (AvgIpc) is 2.49. The number of nitrogens with two attached hydrogens (primary N) is 1. The number of anilines is 1. The van der Waals surface area contributed by atoms with Crippen LogP contribution in [0.3, 0.4) is 0 Å². The molecule has 6 nitrogen and oxygen atoms in total. The Balaban J connectivity index is 2.51. The number of aromatic nitrogens is 2. The van der Waals surface area contributed by atoms with Crippen molar-refractivity contribution < 1.29 is 19.0 Å². The van der Waals surface area contributed by atoms with E-state index in [2.05, 4.69) is 9.97 Å². The molecule has 0 spiro atoms. The average molecular weight is 314 g/mol. The number of hydrogen-bond donors (Lipinski definition) is 2. The van der Waals surface area contributed by atoms with Gasteiger partial charge in [0, 0.05) is 10.6 Å². The predicted molar refractivity (Wildman–Crippen MR) is 75.0 cm³/mol. The quantitative estimate of drug-likeness (QED) is 0.838. The fourth-order valence-corrected chi connectivity index (χ4v) is 1.94. The van der Waals surface area contributed by atoms with Crippen molar-refractivity contribution in [2.45, 2.75) is 6.10 Å². The van der Waals surface area contributed by atoms with Crippen LogP contribution >= 0.6 is 11.6 Å². The van der Waals surface area contributed by atoms with E-state index >= 15 is 0 Å². The minimum atomic E-state index is -1.37. The zero-order valence-corrected chi connectivity index (χ0v) is 12.1.